The highest BCUT2D eigenvalue weighted by Gasteiger charge is 2.20. The van der Waals surface area contributed by atoms with Gasteiger partial charge in [0, 0.05) is 18.3 Å². The molecule has 0 spiro atoms. The molecule has 4 aromatic rings. The minimum Gasteiger partial charge on any atom is -0.316 e. The van der Waals surface area contributed by atoms with Gasteiger partial charge >= 0.3 is 0 Å². The van der Waals surface area contributed by atoms with Crippen LogP contribution in [0.2, 0.25) is 0 Å². The van der Waals surface area contributed by atoms with Gasteiger partial charge < -0.3 is 5.32 Å². The largest absolute Gasteiger partial charge is 0.316 e. The van der Waals surface area contributed by atoms with E-state index >= 15 is 0 Å². The van der Waals surface area contributed by atoms with Crippen LogP contribution in [0.4, 0.5) is 11.4 Å². The SMILES string of the molecule is Cc1ccc(C)c(S(=O)(=O)Nc2cccc(C(=O)Nc3c(C)n(C)n(-c4ccccc4)c3=O)c2)c1. The predicted molar refractivity (Wildman–Crippen MR) is 137 cm³/mol. The summed E-state index contributed by atoms with van der Waals surface area (Å²) in [5.74, 6) is -0.524. The van der Waals surface area contributed by atoms with Crippen LogP contribution >= 0.6 is 0 Å². The Kier molecular flexibility index (Phi) is 6.36. The van der Waals surface area contributed by atoms with Gasteiger partial charge in [-0.25, -0.2) is 13.1 Å². The monoisotopic (exact) mass is 490 g/mol. The third kappa shape index (κ3) is 4.76. The van der Waals surface area contributed by atoms with E-state index in [4.69, 9.17) is 0 Å². The summed E-state index contributed by atoms with van der Waals surface area (Å²) in [5.41, 5.74) is 2.93. The number of carbonyl (C=O) groups is 1. The van der Waals surface area contributed by atoms with Crippen molar-refractivity contribution in [3.8, 4) is 5.69 Å². The molecule has 1 heterocycles. The Hall–Kier alpha value is -4.11. The standard InChI is InChI=1S/C26H26N4O4S/c1-17-13-14-18(2)23(15-17)35(33,34)28-21-10-8-9-20(16-21)25(31)27-24-19(3)29(4)30(26(24)32)22-11-6-5-7-12-22/h5-16,28H,1-4H3,(H,27,31). The van der Waals surface area contributed by atoms with Crippen molar-refractivity contribution < 1.29 is 13.2 Å². The van der Waals surface area contributed by atoms with E-state index in [-0.39, 0.29) is 27.4 Å². The van der Waals surface area contributed by atoms with Crippen molar-refractivity contribution in [2.45, 2.75) is 25.7 Å². The molecule has 0 saturated heterocycles. The lowest BCUT2D eigenvalue weighted by Gasteiger charge is -2.12. The number of rotatable bonds is 6. The molecular formula is C26H26N4O4S. The zero-order valence-corrected chi connectivity index (χ0v) is 20.7. The quantitative estimate of drug-likeness (QED) is 0.424. The summed E-state index contributed by atoms with van der Waals surface area (Å²) in [6.07, 6.45) is 0. The summed E-state index contributed by atoms with van der Waals surface area (Å²) in [6.45, 7) is 5.29. The summed E-state index contributed by atoms with van der Waals surface area (Å²) >= 11 is 0. The van der Waals surface area contributed by atoms with Gasteiger partial charge in [-0.3, -0.25) is 19.0 Å². The molecule has 2 N–H and O–H groups in total. The van der Waals surface area contributed by atoms with Crippen LogP contribution in [0.1, 0.15) is 27.2 Å². The highest BCUT2D eigenvalue weighted by Crippen LogP contribution is 2.22. The molecule has 1 amide bonds. The Labute approximate surface area is 203 Å². The Balaban J connectivity index is 1.61. The molecule has 0 radical (unpaired) electrons. The third-order valence-electron chi connectivity index (χ3n) is 5.80. The summed E-state index contributed by atoms with van der Waals surface area (Å²) in [7, 11) is -2.11. The second kappa shape index (κ2) is 9.27. The van der Waals surface area contributed by atoms with Gasteiger partial charge in [-0.1, -0.05) is 36.4 Å². The summed E-state index contributed by atoms with van der Waals surface area (Å²) in [4.78, 5) is 26.3. The highest BCUT2D eigenvalue weighted by atomic mass is 32.2. The zero-order chi connectivity index (χ0) is 25.3. The van der Waals surface area contributed by atoms with Crippen molar-refractivity contribution >= 4 is 27.3 Å². The number of amides is 1. The highest BCUT2D eigenvalue weighted by molar-refractivity contribution is 7.92. The Morgan fingerprint density at radius 2 is 1.60 bits per heavy atom. The molecule has 1 aromatic heterocycles. The van der Waals surface area contributed by atoms with Gasteiger partial charge in [0.2, 0.25) is 0 Å². The first kappa shape index (κ1) is 24.0. The number of anilines is 2. The van der Waals surface area contributed by atoms with Crippen molar-refractivity contribution in [2.75, 3.05) is 10.0 Å². The zero-order valence-electron chi connectivity index (χ0n) is 19.9. The molecule has 0 unspecified atom stereocenters. The van der Waals surface area contributed by atoms with Gasteiger partial charge in [0.15, 0.2) is 0 Å². The Morgan fingerprint density at radius 3 is 2.31 bits per heavy atom. The number of para-hydroxylation sites is 1. The van der Waals surface area contributed by atoms with Gasteiger partial charge in [-0.05, 0) is 68.3 Å². The minimum absolute atomic E-state index is 0.155. The molecule has 4 rings (SSSR count). The number of aryl methyl sites for hydroxylation is 2. The third-order valence-corrected chi connectivity index (χ3v) is 7.33. The van der Waals surface area contributed by atoms with Crippen LogP contribution in [-0.2, 0) is 17.1 Å². The molecule has 0 fully saturated rings. The van der Waals surface area contributed by atoms with E-state index in [0.29, 0.717) is 16.9 Å². The van der Waals surface area contributed by atoms with Crippen LogP contribution in [0.3, 0.4) is 0 Å². The molecule has 0 atom stereocenters. The number of sulfonamides is 1. The van der Waals surface area contributed by atoms with E-state index in [1.165, 1.54) is 10.7 Å². The molecule has 0 aliphatic carbocycles. The van der Waals surface area contributed by atoms with E-state index in [1.54, 1.807) is 68.0 Å². The molecule has 35 heavy (non-hydrogen) atoms. The fourth-order valence-electron chi connectivity index (χ4n) is 3.83. The normalized spacial score (nSPS) is 11.3. The smallest absolute Gasteiger partial charge is 0.295 e. The Bertz CT molecular complexity index is 1590. The van der Waals surface area contributed by atoms with Gasteiger partial charge in [0.25, 0.3) is 21.5 Å². The molecule has 0 saturated carbocycles. The van der Waals surface area contributed by atoms with E-state index in [9.17, 15) is 18.0 Å². The lowest BCUT2D eigenvalue weighted by Crippen LogP contribution is -2.23. The summed E-state index contributed by atoms with van der Waals surface area (Å²) in [5, 5.41) is 2.69. The maximum Gasteiger partial charge on any atom is 0.295 e. The number of hydrogen-bond acceptors (Lipinski definition) is 4. The topological polar surface area (TPSA) is 102 Å². The molecular weight excluding hydrogens is 464 g/mol. The number of carbonyl (C=O) groups excluding carboxylic acids is 1. The predicted octanol–water partition coefficient (Wildman–Crippen LogP) is 4.15. The second-order valence-electron chi connectivity index (χ2n) is 8.35. The number of hydrogen-bond donors (Lipinski definition) is 2. The fraction of sp³-hybridized carbons (Fsp3) is 0.154. The first-order valence-electron chi connectivity index (χ1n) is 10.9. The minimum atomic E-state index is -3.85. The number of nitrogens with zero attached hydrogens (tertiary/aromatic N) is 2. The van der Waals surface area contributed by atoms with Crippen molar-refractivity contribution in [2.24, 2.45) is 7.05 Å². The van der Waals surface area contributed by atoms with E-state index in [1.807, 2.05) is 31.2 Å². The van der Waals surface area contributed by atoms with E-state index in [2.05, 4.69) is 10.0 Å². The van der Waals surface area contributed by atoms with Gasteiger partial charge in [-0.2, -0.15) is 0 Å². The van der Waals surface area contributed by atoms with Crippen LogP contribution in [0.15, 0.2) is 82.5 Å². The molecule has 8 nitrogen and oxygen atoms in total. The van der Waals surface area contributed by atoms with Crippen LogP contribution in [0.5, 0.6) is 0 Å². The van der Waals surface area contributed by atoms with Gasteiger partial charge in [0.1, 0.15) is 5.69 Å². The average Bonchev–Trinajstić information content (AvgIpc) is 3.04. The Morgan fingerprint density at radius 1 is 0.886 bits per heavy atom. The number of nitrogens with one attached hydrogen (secondary N) is 2. The van der Waals surface area contributed by atoms with Crippen molar-refractivity contribution in [1.82, 2.24) is 9.36 Å². The van der Waals surface area contributed by atoms with Crippen molar-refractivity contribution in [1.29, 1.82) is 0 Å². The molecule has 9 heteroatoms. The van der Waals surface area contributed by atoms with E-state index in [0.717, 1.165) is 5.56 Å². The first-order valence-corrected chi connectivity index (χ1v) is 12.4. The number of aromatic nitrogens is 2. The molecule has 0 bridgehead atoms. The average molecular weight is 491 g/mol. The lowest BCUT2D eigenvalue weighted by molar-refractivity contribution is 0.102. The fourth-order valence-corrected chi connectivity index (χ4v) is 5.21. The number of benzene rings is 3. The second-order valence-corrected chi connectivity index (χ2v) is 10.00. The van der Waals surface area contributed by atoms with Gasteiger partial charge in [0.05, 0.1) is 16.3 Å². The van der Waals surface area contributed by atoms with Crippen LogP contribution in [0.25, 0.3) is 5.69 Å². The van der Waals surface area contributed by atoms with Crippen molar-refractivity contribution in [3.63, 3.8) is 0 Å². The van der Waals surface area contributed by atoms with Crippen LogP contribution < -0.4 is 15.6 Å². The molecule has 0 aliphatic heterocycles. The maximum atomic E-state index is 13.1. The summed E-state index contributed by atoms with van der Waals surface area (Å²) < 4.78 is 31.6. The van der Waals surface area contributed by atoms with Gasteiger partial charge in [-0.15, -0.1) is 0 Å². The van der Waals surface area contributed by atoms with Crippen LogP contribution in [-0.4, -0.2) is 23.7 Å². The molecule has 180 valence electrons. The van der Waals surface area contributed by atoms with Crippen LogP contribution in [0, 0.1) is 20.8 Å². The van der Waals surface area contributed by atoms with Crippen molar-refractivity contribution in [3.05, 3.63) is 106 Å². The first-order chi connectivity index (χ1) is 16.6. The molecule has 0 aliphatic rings. The lowest BCUT2D eigenvalue weighted by atomic mass is 10.2. The maximum absolute atomic E-state index is 13.1. The molecule has 3 aromatic carbocycles. The van der Waals surface area contributed by atoms with E-state index < -0.39 is 15.9 Å². The summed E-state index contributed by atoms with van der Waals surface area (Å²) in [6, 6.07) is 20.4.